The van der Waals surface area contributed by atoms with Crippen LogP contribution in [0.15, 0.2) is 82.8 Å². The standard InChI is InChI=1S/C29H39N/c1-5-9-20(3)26(10-6-2)27-18-22(14-13-21(27)4)23-15-16-29-28(19-23)24-11-7-8-12-25(17-24)30-29/h6,8,12,15-18,21,24,27-28,30H,2,5,7,9-11,13-14,19H2,1,3-4H3/b26-20-. The largest absolute Gasteiger partial charge is 0.359 e. The molecule has 1 heteroatoms. The molecule has 160 valence electrons. The molecule has 1 aliphatic heterocycles. The normalized spacial score (nSPS) is 31.2. The minimum Gasteiger partial charge on any atom is -0.359 e. The summed E-state index contributed by atoms with van der Waals surface area (Å²) in [5.41, 5.74) is 9.15. The van der Waals surface area contributed by atoms with Crippen LogP contribution in [0.3, 0.4) is 0 Å². The molecular weight excluding hydrogens is 362 g/mol. The lowest BCUT2D eigenvalue weighted by Crippen LogP contribution is -2.31. The summed E-state index contributed by atoms with van der Waals surface area (Å²) < 4.78 is 0. The number of hydrogen-bond acceptors (Lipinski definition) is 1. The molecule has 3 aliphatic carbocycles. The average Bonchev–Trinajstić information content (AvgIpc) is 2.95. The van der Waals surface area contributed by atoms with Gasteiger partial charge in [0.05, 0.1) is 0 Å². The molecule has 2 bridgehead atoms. The van der Waals surface area contributed by atoms with Crippen LogP contribution in [-0.4, -0.2) is 0 Å². The molecule has 0 aromatic carbocycles. The summed E-state index contributed by atoms with van der Waals surface area (Å²) in [6.45, 7) is 11.2. The smallest absolute Gasteiger partial charge is 0.0341 e. The first kappa shape index (κ1) is 21.2. The Hall–Kier alpha value is -2.02. The van der Waals surface area contributed by atoms with Crippen molar-refractivity contribution < 1.29 is 0 Å². The van der Waals surface area contributed by atoms with E-state index in [0.717, 1.165) is 12.3 Å². The van der Waals surface area contributed by atoms with Gasteiger partial charge in [0.15, 0.2) is 0 Å². The van der Waals surface area contributed by atoms with Gasteiger partial charge in [-0.3, -0.25) is 0 Å². The predicted molar refractivity (Wildman–Crippen MR) is 130 cm³/mol. The van der Waals surface area contributed by atoms with Crippen LogP contribution < -0.4 is 5.32 Å². The summed E-state index contributed by atoms with van der Waals surface area (Å²) in [6.07, 6.45) is 26.3. The SMILES string of the molecule is C=CC/C(=C(\C)CCC)C1C=C(C2=CC=C3NC4=CC(CCC=C4)C3C2)CCC1C. The predicted octanol–water partition coefficient (Wildman–Crippen LogP) is 7.94. The maximum absolute atomic E-state index is 4.06. The first-order valence-corrected chi connectivity index (χ1v) is 12.2. The Morgan fingerprint density at radius 1 is 1.20 bits per heavy atom. The summed E-state index contributed by atoms with van der Waals surface area (Å²) in [4.78, 5) is 0. The molecule has 0 saturated carbocycles. The summed E-state index contributed by atoms with van der Waals surface area (Å²) in [7, 11) is 0. The van der Waals surface area contributed by atoms with E-state index < -0.39 is 0 Å². The molecule has 0 amide bonds. The fourth-order valence-electron chi connectivity index (χ4n) is 5.94. The molecule has 1 heterocycles. The second-order valence-corrected chi connectivity index (χ2v) is 9.80. The molecule has 4 aliphatic rings. The minimum absolute atomic E-state index is 0.572. The average molecular weight is 402 g/mol. The lowest BCUT2D eigenvalue weighted by atomic mass is 9.71. The van der Waals surface area contributed by atoms with E-state index in [1.807, 2.05) is 0 Å². The fraction of sp³-hybridized carbons (Fsp3) is 0.517. The molecule has 4 rings (SSSR count). The van der Waals surface area contributed by atoms with Gasteiger partial charge in [0, 0.05) is 23.2 Å². The van der Waals surface area contributed by atoms with Gasteiger partial charge in [0.2, 0.25) is 0 Å². The van der Waals surface area contributed by atoms with Gasteiger partial charge in [-0.05, 0) is 87.0 Å². The van der Waals surface area contributed by atoms with Crippen molar-refractivity contribution in [2.75, 3.05) is 0 Å². The van der Waals surface area contributed by atoms with Crippen LogP contribution in [-0.2, 0) is 0 Å². The lowest BCUT2D eigenvalue weighted by Gasteiger charge is -2.37. The highest BCUT2D eigenvalue weighted by molar-refractivity contribution is 5.45. The van der Waals surface area contributed by atoms with Crippen LogP contribution in [0.2, 0.25) is 0 Å². The highest BCUT2D eigenvalue weighted by atomic mass is 14.9. The highest BCUT2D eigenvalue weighted by Gasteiger charge is 2.33. The minimum atomic E-state index is 0.572. The van der Waals surface area contributed by atoms with Crippen molar-refractivity contribution in [2.24, 2.45) is 23.7 Å². The van der Waals surface area contributed by atoms with Gasteiger partial charge >= 0.3 is 0 Å². The molecular formula is C29H39N. The third-order valence-electron chi connectivity index (χ3n) is 7.68. The molecule has 0 aromatic rings. The van der Waals surface area contributed by atoms with Gasteiger partial charge in [0.25, 0.3) is 0 Å². The summed E-state index contributed by atoms with van der Waals surface area (Å²) in [5, 5.41) is 3.68. The van der Waals surface area contributed by atoms with Crippen LogP contribution in [0.25, 0.3) is 0 Å². The van der Waals surface area contributed by atoms with Gasteiger partial charge in [0.1, 0.15) is 0 Å². The number of nitrogens with one attached hydrogen (secondary N) is 1. The Kier molecular flexibility index (Phi) is 6.66. The summed E-state index contributed by atoms with van der Waals surface area (Å²) in [5.74, 6) is 2.59. The third-order valence-corrected chi connectivity index (χ3v) is 7.68. The molecule has 4 unspecified atom stereocenters. The van der Waals surface area contributed by atoms with E-state index in [4.69, 9.17) is 0 Å². The monoisotopic (exact) mass is 401 g/mol. The van der Waals surface area contributed by atoms with Crippen molar-refractivity contribution in [1.82, 2.24) is 5.32 Å². The Morgan fingerprint density at radius 3 is 2.87 bits per heavy atom. The highest BCUT2D eigenvalue weighted by Crippen LogP contribution is 2.44. The van der Waals surface area contributed by atoms with Crippen molar-refractivity contribution in [3.05, 3.63) is 82.8 Å². The second kappa shape index (κ2) is 9.41. The quantitative estimate of drug-likeness (QED) is 0.445. The Balaban J connectivity index is 1.61. The Bertz CT molecular complexity index is 857. The molecule has 1 N–H and O–H groups in total. The molecule has 0 fully saturated rings. The van der Waals surface area contributed by atoms with Crippen LogP contribution in [0, 0.1) is 23.7 Å². The van der Waals surface area contributed by atoms with E-state index in [2.05, 4.69) is 75.2 Å². The van der Waals surface area contributed by atoms with Gasteiger partial charge < -0.3 is 5.32 Å². The Morgan fingerprint density at radius 2 is 2.07 bits per heavy atom. The molecule has 4 atom stereocenters. The second-order valence-electron chi connectivity index (χ2n) is 9.80. The molecule has 0 saturated heterocycles. The molecule has 0 spiro atoms. The van der Waals surface area contributed by atoms with E-state index in [1.54, 1.807) is 22.3 Å². The van der Waals surface area contributed by atoms with Gasteiger partial charge in [-0.25, -0.2) is 0 Å². The molecule has 30 heavy (non-hydrogen) atoms. The summed E-state index contributed by atoms with van der Waals surface area (Å²) in [6, 6.07) is 0. The van der Waals surface area contributed by atoms with E-state index in [-0.39, 0.29) is 0 Å². The van der Waals surface area contributed by atoms with Gasteiger partial charge in [-0.2, -0.15) is 0 Å². The number of allylic oxidation sites excluding steroid dienone is 12. The molecule has 1 nitrogen and oxygen atoms in total. The van der Waals surface area contributed by atoms with E-state index in [1.165, 1.54) is 56.3 Å². The fourth-order valence-corrected chi connectivity index (χ4v) is 5.94. The van der Waals surface area contributed by atoms with Crippen molar-refractivity contribution in [3.63, 3.8) is 0 Å². The van der Waals surface area contributed by atoms with Crippen LogP contribution in [0.5, 0.6) is 0 Å². The molecule has 0 radical (unpaired) electrons. The number of fused-ring (bicyclic) bond motifs is 3. The zero-order chi connectivity index (χ0) is 21.1. The Labute approximate surface area is 184 Å². The van der Waals surface area contributed by atoms with Gasteiger partial charge in [-0.1, -0.05) is 61.8 Å². The number of rotatable bonds is 6. The maximum Gasteiger partial charge on any atom is 0.0341 e. The van der Waals surface area contributed by atoms with Crippen molar-refractivity contribution >= 4 is 0 Å². The van der Waals surface area contributed by atoms with Crippen LogP contribution in [0.1, 0.15) is 72.1 Å². The lowest BCUT2D eigenvalue weighted by molar-refractivity contribution is 0.385. The first-order valence-electron chi connectivity index (χ1n) is 12.2. The van der Waals surface area contributed by atoms with E-state index in [9.17, 15) is 0 Å². The zero-order valence-electron chi connectivity index (χ0n) is 19.2. The third kappa shape index (κ3) is 4.36. The first-order chi connectivity index (χ1) is 14.6. The van der Waals surface area contributed by atoms with Crippen molar-refractivity contribution in [3.8, 4) is 0 Å². The number of hydrogen-bond donors (Lipinski definition) is 1. The van der Waals surface area contributed by atoms with E-state index in [0.29, 0.717) is 17.8 Å². The van der Waals surface area contributed by atoms with Crippen LogP contribution >= 0.6 is 0 Å². The zero-order valence-corrected chi connectivity index (χ0v) is 19.2. The van der Waals surface area contributed by atoms with Crippen molar-refractivity contribution in [1.29, 1.82) is 0 Å². The van der Waals surface area contributed by atoms with E-state index >= 15 is 0 Å². The van der Waals surface area contributed by atoms with Gasteiger partial charge in [-0.15, -0.1) is 6.58 Å². The van der Waals surface area contributed by atoms with Crippen molar-refractivity contribution in [2.45, 2.75) is 72.1 Å². The topological polar surface area (TPSA) is 12.0 Å². The summed E-state index contributed by atoms with van der Waals surface area (Å²) >= 11 is 0. The molecule has 0 aromatic heterocycles. The van der Waals surface area contributed by atoms with Crippen LogP contribution in [0.4, 0.5) is 0 Å². The maximum atomic E-state index is 4.06.